The van der Waals surface area contributed by atoms with Crippen molar-refractivity contribution in [2.45, 2.75) is 17.7 Å². The van der Waals surface area contributed by atoms with Crippen molar-refractivity contribution in [1.29, 1.82) is 0 Å². The molecule has 0 amide bonds. The minimum absolute atomic E-state index is 0.438. The minimum Gasteiger partial charge on any atom is -0.296 e. The lowest BCUT2D eigenvalue weighted by atomic mass is 10.0. The van der Waals surface area contributed by atoms with Gasteiger partial charge in [0.2, 0.25) is 9.84 Å². The lowest BCUT2D eigenvalue weighted by Gasteiger charge is -2.20. The summed E-state index contributed by atoms with van der Waals surface area (Å²) in [6.07, 6.45) is 0. The Hall–Kier alpha value is -2.01. The van der Waals surface area contributed by atoms with E-state index in [1.807, 2.05) is 0 Å². The number of benzene rings is 2. The molecule has 2 rings (SSSR count). The van der Waals surface area contributed by atoms with Gasteiger partial charge in [-0.2, -0.15) is 0 Å². The molecule has 0 heterocycles. The smallest absolute Gasteiger partial charge is 0.258 e. The second-order valence-electron chi connectivity index (χ2n) is 4.72. The highest BCUT2D eigenvalue weighted by Gasteiger charge is 2.39. The molecular weight excluding hydrogens is 291 g/mol. The number of carbonyl (C=O) groups excluding carboxylic acids is 1. The Kier molecular flexibility index (Phi) is 4.53. The Morgan fingerprint density at radius 1 is 0.905 bits per heavy atom. The van der Waals surface area contributed by atoms with E-state index in [-0.39, 0.29) is 0 Å². The Morgan fingerprint density at radius 3 is 1.62 bits per heavy atom. The van der Waals surface area contributed by atoms with Crippen molar-refractivity contribution >= 4 is 15.6 Å². The van der Waals surface area contributed by atoms with E-state index in [1.165, 1.54) is 0 Å². The lowest BCUT2D eigenvalue weighted by molar-refractivity contribution is -0.119. The third-order valence-electron chi connectivity index (χ3n) is 3.14. The number of rotatable bonds is 5. The third-order valence-corrected chi connectivity index (χ3v) is 5.25. The van der Waals surface area contributed by atoms with Crippen molar-refractivity contribution < 1.29 is 17.6 Å². The van der Waals surface area contributed by atoms with Crippen molar-refractivity contribution in [2.24, 2.45) is 0 Å². The molecule has 0 saturated heterocycles. The van der Waals surface area contributed by atoms with Gasteiger partial charge in [0.15, 0.2) is 5.78 Å². The molecule has 0 radical (unpaired) electrons. The zero-order valence-corrected chi connectivity index (χ0v) is 12.3. The SMILES string of the molecule is CC(=O)C(F)S(=O)(=O)C(c1ccccc1)c1ccccc1. The average Bonchev–Trinajstić information content (AvgIpc) is 2.48. The maximum Gasteiger partial charge on any atom is 0.258 e. The van der Waals surface area contributed by atoms with Gasteiger partial charge in [-0.15, -0.1) is 0 Å². The summed E-state index contributed by atoms with van der Waals surface area (Å²) in [6, 6.07) is 16.7. The van der Waals surface area contributed by atoms with Crippen LogP contribution in [0.3, 0.4) is 0 Å². The maximum absolute atomic E-state index is 14.0. The van der Waals surface area contributed by atoms with E-state index in [9.17, 15) is 17.6 Å². The fourth-order valence-corrected chi connectivity index (χ4v) is 3.95. The molecule has 0 bridgehead atoms. The molecule has 0 aliphatic rings. The van der Waals surface area contributed by atoms with E-state index < -0.39 is 26.4 Å². The largest absolute Gasteiger partial charge is 0.296 e. The van der Waals surface area contributed by atoms with E-state index in [2.05, 4.69) is 0 Å². The lowest BCUT2D eigenvalue weighted by Crippen LogP contribution is -2.29. The van der Waals surface area contributed by atoms with Crippen molar-refractivity contribution in [3.05, 3.63) is 71.8 Å². The molecule has 0 spiro atoms. The van der Waals surface area contributed by atoms with Crippen molar-refractivity contribution in [3.8, 4) is 0 Å². The first kappa shape index (κ1) is 15.4. The van der Waals surface area contributed by atoms with Gasteiger partial charge in [-0.05, 0) is 18.1 Å². The third kappa shape index (κ3) is 3.19. The quantitative estimate of drug-likeness (QED) is 0.853. The summed E-state index contributed by atoms with van der Waals surface area (Å²) in [6.45, 7) is 0.940. The van der Waals surface area contributed by atoms with Gasteiger partial charge >= 0.3 is 0 Å². The average molecular weight is 306 g/mol. The van der Waals surface area contributed by atoms with Gasteiger partial charge < -0.3 is 0 Å². The number of hydrogen-bond acceptors (Lipinski definition) is 3. The van der Waals surface area contributed by atoms with E-state index in [0.29, 0.717) is 11.1 Å². The van der Waals surface area contributed by atoms with Gasteiger partial charge in [0.1, 0.15) is 5.25 Å². The van der Waals surface area contributed by atoms with Crippen LogP contribution in [-0.2, 0) is 14.6 Å². The van der Waals surface area contributed by atoms with Crippen LogP contribution in [0.25, 0.3) is 0 Å². The molecule has 5 heteroatoms. The maximum atomic E-state index is 14.0. The summed E-state index contributed by atoms with van der Waals surface area (Å²) in [7, 11) is -4.32. The Balaban J connectivity index is 2.60. The standard InChI is InChI=1S/C16H15FO3S/c1-12(18)16(17)21(19,20)15(13-8-4-2-5-9-13)14-10-6-3-7-11-14/h2-11,15-16H,1H3. The first-order valence-electron chi connectivity index (χ1n) is 6.41. The zero-order chi connectivity index (χ0) is 15.5. The Labute approximate surface area is 123 Å². The molecule has 1 unspecified atom stereocenters. The van der Waals surface area contributed by atoms with Gasteiger partial charge in [0, 0.05) is 0 Å². The highest BCUT2D eigenvalue weighted by atomic mass is 32.2. The number of alkyl halides is 1. The van der Waals surface area contributed by atoms with Crippen molar-refractivity contribution in [3.63, 3.8) is 0 Å². The first-order chi connectivity index (χ1) is 9.94. The van der Waals surface area contributed by atoms with Crippen LogP contribution in [0, 0.1) is 0 Å². The molecule has 0 aliphatic heterocycles. The topological polar surface area (TPSA) is 51.2 Å². The van der Waals surface area contributed by atoms with Crippen LogP contribution in [0.2, 0.25) is 0 Å². The van der Waals surface area contributed by atoms with Crippen LogP contribution >= 0.6 is 0 Å². The molecule has 0 aliphatic carbocycles. The van der Waals surface area contributed by atoms with Crippen molar-refractivity contribution in [1.82, 2.24) is 0 Å². The van der Waals surface area contributed by atoms with Gasteiger partial charge in [-0.1, -0.05) is 60.7 Å². The highest BCUT2D eigenvalue weighted by molar-refractivity contribution is 7.93. The van der Waals surface area contributed by atoms with E-state index in [1.54, 1.807) is 60.7 Å². The summed E-state index contributed by atoms with van der Waals surface area (Å²) < 4.78 is 38.9. The minimum atomic E-state index is -4.32. The van der Waals surface area contributed by atoms with Crippen LogP contribution in [0.5, 0.6) is 0 Å². The van der Waals surface area contributed by atoms with Crippen molar-refractivity contribution in [2.75, 3.05) is 0 Å². The summed E-state index contributed by atoms with van der Waals surface area (Å²) in [5, 5.41) is -1.20. The molecular formula is C16H15FO3S. The second kappa shape index (κ2) is 6.18. The van der Waals surface area contributed by atoms with E-state index >= 15 is 0 Å². The van der Waals surface area contributed by atoms with E-state index in [0.717, 1.165) is 6.92 Å². The highest BCUT2D eigenvalue weighted by Crippen LogP contribution is 2.33. The predicted octanol–water partition coefficient (Wildman–Crippen LogP) is 3.08. The van der Waals surface area contributed by atoms with Crippen LogP contribution in [-0.4, -0.2) is 19.7 Å². The summed E-state index contributed by atoms with van der Waals surface area (Å²) in [4.78, 5) is 11.2. The monoisotopic (exact) mass is 306 g/mol. The molecule has 0 saturated carbocycles. The zero-order valence-electron chi connectivity index (χ0n) is 11.4. The Morgan fingerprint density at radius 2 is 1.29 bits per heavy atom. The predicted molar refractivity (Wildman–Crippen MR) is 79.2 cm³/mol. The van der Waals surface area contributed by atoms with Crippen LogP contribution < -0.4 is 0 Å². The summed E-state index contributed by atoms with van der Waals surface area (Å²) in [5.41, 5.74) is -1.65. The summed E-state index contributed by atoms with van der Waals surface area (Å²) in [5.74, 6) is -1.01. The normalized spacial score (nSPS) is 13.1. The van der Waals surface area contributed by atoms with E-state index in [4.69, 9.17) is 0 Å². The van der Waals surface area contributed by atoms with Gasteiger partial charge in [0.25, 0.3) is 5.50 Å². The second-order valence-corrected chi connectivity index (χ2v) is 6.78. The van der Waals surface area contributed by atoms with Crippen LogP contribution in [0.15, 0.2) is 60.7 Å². The fourth-order valence-electron chi connectivity index (χ4n) is 2.18. The number of carbonyl (C=O) groups is 1. The van der Waals surface area contributed by atoms with Gasteiger partial charge in [-0.25, -0.2) is 12.8 Å². The molecule has 2 aromatic rings. The number of sulfone groups is 1. The van der Waals surface area contributed by atoms with Gasteiger partial charge in [0.05, 0.1) is 0 Å². The first-order valence-corrected chi connectivity index (χ1v) is 8.02. The number of halogens is 1. The molecule has 21 heavy (non-hydrogen) atoms. The molecule has 1 atom stereocenters. The molecule has 110 valence electrons. The van der Waals surface area contributed by atoms with Crippen LogP contribution in [0.4, 0.5) is 4.39 Å². The molecule has 0 fully saturated rings. The Bertz CT molecular complexity index is 672. The fraction of sp³-hybridized carbons (Fsp3) is 0.188. The molecule has 3 nitrogen and oxygen atoms in total. The number of hydrogen-bond donors (Lipinski definition) is 0. The molecule has 0 N–H and O–H groups in total. The molecule has 2 aromatic carbocycles. The number of Topliss-reactive ketones (excluding diaryl/α,β-unsaturated/α-hetero) is 1. The number of ketones is 1. The summed E-state index contributed by atoms with van der Waals surface area (Å²) >= 11 is 0. The van der Waals surface area contributed by atoms with Crippen LogP contribution in [0.1, 0.15) is 23.3 Å². The molecule has 0 aromatic heterocycles. The van der Waals surface area contributed by atoms with Gasteiger partial charge in [-0.3, -0.25) is 4.79 Å².